The summed E-state index contributed by atoms with van der Waals surface area (Å²) in [6.45, 7) is 30.5. The predicted octanol–water partition coefficient (Wildman–Crippen LogP) is 9.11. The fourth-order valence-electron chi connectivity index (χ4n) is 3.99. The van der Waals surface area contributed by atoms with E-state index in [1.807, 2.05) is 0 Å². The fourth-order valence-corrected chi connectivity index (χ4v) is 6.62. The SMILES string of the molecule is CCCCP(c1cc(C(C)(C)C)cc(C(C)(C)C)c1)c1cc(C(C)(C)C)cc(C(C)(C)C)c1. The maximum absolute atomic E-state index is 2.54. The second-order valence-corrected chi connectivity index (χ2v) is 16.4. The third kappa shape index (κ3) is 7.42. The largest absolute Gasteiger partial charge is 0.0654 e. The van der Waals surface area contributed by atoms with Crippen LogP contribution in [0, 0.1) is 0 Å². The normalized spacial score (nSPS) is 13.6. The Kier molecular flexibility index (Phi) is 8.39. The van der Waals surface area contributed by atoms with Gasteiger partial charge in [0.15, 0.2) is 0 Å². The molecule has 0 spiro atoms. The van der Waals surface area contributed by atoms with Crippen molar-refractivity contribution in [3.63, 3.8) is 0 Å². The van der Waals surface area contributed by atoms with E-state index < -0.39 is 7.92 Å². The van der Waals surface area contributed by atoms with E-state index in [2.05, 4.69) is 126 Å². The number of rotatable bonds is 5. The second-order valence-electron chi connectivity index (χ2n) is 14.0. The summed E-state index contributed by atoms with van der Waals surface area (Å²) in [6, 6.07) is 15.1. The number of hydrogen-bond donors (Lipinski definition) is 0. The molecule has 0 atom stereocenters. The Morgan fingerprint density at radius 3 is 0.970 bits per heavy atom. The Bertz CT molecular complexity index is 796. The summed E-state index contributed by atoms with van der Waals surface area (Å²) >= 11 is 0. The molecule has 0 saturated heterocycles. The van der Waals surface area contributed by atoms with Gasteiger partial charge in [-0.1, -0.05) is 133 Å². The molecule has 0 aromatic heterocycles. The lowest BCUT2D eigenvalue weighted by Gasteiger charge is -2.31. The summed E-state index contributed by atoms with van der Waals surface area (Å²) < 4.78 is 0. The first kappa shape index (κ1) is 28.1. The van der Waals surface area contributed by atoms with E-state index >= 15 is 0 Å². The third-order valence-corrected chi connectivity index (χ3v) is 9.18. The predicted molar refractivity (Wildman–Crippen MR) is 154 cm³/mol. The lowest BCUT2D eigenvalue weighted by Crippen LogP contribution is -2.25. The van der Waals surface area contributed by atoms with Crippen LogP contribution in [0.1, 0.15) is 125 Å². The molecule has 0 aliphatic rings. The van der Waals surface area contributed by atoms with Gasteiger partial charge in [-0.15, -0.1) is 0 Å². The Morgan fingerprint density at radius 2 is 0.758 bits per heavy atom. The van der Waals surface area contributed by atoms with Gasteiger partial charge in [-0.3, -0.25) is 0 Å². The van der Waals surface area contributed by atoms with Gasteiger partial charge < -0.3 is 0 Å². The lowest BCUT2D eigenvalue weighted by molar-refractivity contribution is 0.569. The van der Waals surface area contributed by atoms with Crippen molar-refractivity contribution in [2.75, 3.05) is 6.16 Å². The highest BCUT2D eigenvalue weighted by molar-refractivity contribution is 7.73. The van der Waals surface area contributed by atoms with Crippen LogP contribution in [0.2, 0.25) is 0 Å². The smallest absolute Gasteiger partial charge is 0.0132 e. The standard InChI is InChI=1S/C32H51P/c1-14-15-16-33(27-19-23(29(2,3)4)17-24(20-27)30(5,6)7)28-21-25(31(8,9)10)18-26(22-28)32(11,12)13/h17-22H,14-16H2,1-13H3. The molecular formula is C32H51P. The maximum atomic E-state index is 2.54. The molecule has 0 aliphatic carbocycles. The summed E-state index contributed by atoms with van der Waals surface area (Å²) in [5, 5.41) is 3.11. The minimum atomic E-state index is -0.410. The van der Waals surface area contributed by atoms with Gasteiger partial charge in [0.05, 0.1) is 0 Å². The Morgan fingerprint density at radius 1 is 0.485 bits per heavy atom. The monoisotopic (exact) mass is 466 g/mol. The van der Waals surface area contributed by atoms with Crippen molar-refractivity contribution in [2.24, 2.45) is 0 Å². The Hall–Kier alpha value is -1.13. The number of unbranched alkanes of at least 4 members (excludes halogenated alkanes) is 1. The second kappa shape index (κ2) is 9.85. The quantitative estimate of drug-likeness (QED) is 0.385. The highest BCUT2D eigenvalue weighted by Crippen LogP contribution is 2.41. The lowest BCUT2D eigenvalue weighted by atomic mass is 9.81. The van der Waals surface area contributed by atoms with Gasteiger partial charge >= 0.3 is 0 Å². The highest BCUT2D eigenvalue weighted by atomic mass is 31.1. The molecule has 2 aromatic carbocycles. The van der Waals surface area contributed by atoms with Crippen LogP contribution in [0.5, 0.6) is 0 Å². The van der Waals surface area contributed by atoms with E-state index in [0.717, 1.165) is 0 Å². The van der Waals surface area contributed by atoms with Crippen molar-refractivity contribution >= 4 is 18.5 Å². The zero-order chi connectivity index (χ0) is 25.4. The van der Waals surface area contributed by atoms with Gasteiger partial charge in [-0.2, -0.15) is 0 Å². The van der Waals surface area contributed by atoms with Gasteiger partial charge in [0.25, 0.3) is 0 Å². The first-order valence-electron chi connectivity index (χ1n) is 12.9. The Labute approximate surface area is 207 Å². The van der Waals surface area contributed by atoms with Crippen LogP contribution in [-0.4, -0.2) is 6.16 Å². The van der Waals surface area contributed by atoms with Gasteiger partial charge in [0.2, 0.25) is 0 Å². The van der Waals surface area contributed by atoms with E-state index in [0.29, 0.717) is 0 Å². The van der Waals surface area contributed by atoms with Gasteiger partial charge in [-0.05, 0) is 75.0 Å². The summed E-state index contributed by atoms with van der Waals surface area (Å²) in [5.41, 5.74) is 6.46. The van der Waals surface area contributed by atoms with Crippen LogP contribution in [0.25, 0.3) is 0 Å². The van der Waals surface area contributed by atoms with Crippen molar-refractivity contribution < 1.29 is 0 Å². The van der Waals surface area contributed by atoms with Crippen molar-refractivity contribution in [3.05, 3.63) is 58.7 Å². The molecule has 0 aliphatic heterocycles. The van der Waals surface area contributed by atoms with Crippen LogP contribution < -0.4 is 10.6 Å². The van der Waals surface area contributed by atoms with E-state index in [-0.39, 0.29) is 21.7 Å². The number of hydrogen-bond acceptors (Lipinski definition) is 0. The molecule has 0 heterocycles. The van der Waals surface area contributed by atoms with Crippen molar-refractivity contribution in [1.29, 1.82) is 0 Å². The van der Waals surface area contributed by atoms with Crippen LogP contribution in [0.3, 0.4) is 0 Å². The van der Waals surface area contributed by atoms with E-state index in [9.17, 15) is 0 Å². The van der Waals surface area contributed by atoms with E-state index in [1.54, 1.807) is 10.6 Å². The van der Waals surface area contributed by atoms with Crippen molar-refractivity contribution in [3.8, 4) is 0 Å². The summed E-state index contributed by atoms with van der Waals surface area (Å²) in [6.07, 6.45) is 3.79. The molecule has 2 rings (SSSR count). The summed E-state index contributed by atoms with van der Waals surface area (Å²) in [4.78, 5) is 0. The van der Waals surface area contributed by atoms with Gasteiger partial charge in [-0.25, -0.2) is 0 Å². The van der Waals surface area contributed by atoms with E-state index in [1.165, 1.54) is 41.3 Å². The zero-order valence-corrected chi connectivity index (χ0v) is 24.9. The minimum absolute atomic E-state index is 0.144. The average molecular weight is 467 g/mol. The molecule has 0 N–H and O–H groups in total. The summed E-state index contributed by atoms with van der Waals surface area (Å²) in [7, 11) is -0.410. The maximum Gasteiger partial charge on any atom is -0.0132 e. The Balaban J connectivity index is 2.83. The fraction of sp³-hybridized carbons (Fsp3) is 0.625. The van der Waals surface area contributed by atoms with Gasteiger partial charge in [0, 0.05) is 0 Å². The third-order valence-electron chi connectivity index (χ3n) is 6.66. The first-order chi connectivity index (χ1) is 14.8. The minimum Gasteiger partial charge on any atom is -0.0654 e. The average Bonchev–Trinajstić information content (AvgIpc) is 2.65. The van der Waals surface area contributed by atoms with Crippen LogP contribution in [0.4, 0.5) is 0 Å². The zero-order valence-electron chi connectivity index (χ0n) is 24.0. The molecule has 0 amide bonds. The first-order valence-corrected chi connectivity index (χ1v) is 14.5. The molecule has 33 heavy (non-hydrogen) atoms. The molecule has 0 radical (unpaired) electrons. The van der Waals surface area contributed by atoms with E-state index in [4.69, 9.17) is 0 Å². The molecule has 0 unspecified atom stereocenters. The molecule has 184 valence electrons. The van der Waals surface area contributed by atoms with Crippen LogP contribution in [0.15, 0.2) is 36.4 Å². The van der Waals surface area contributed by atoms with Crippen molar-refractivity contribution in [1.82, 2.24) is 0 Å². The topological polar surface area (TPSA) is 0 Å². The molecule has 0 saturated carbocycles. The molecular weight excluding hydrogens is 415 g/mol. The molecule has 2 aromatic rings. The molecule has 0 bridgehead atoms. The molecule has 1 heteroatoms. The van der Waals surface area contributed by atoms with Crippen LogP contribution in [-0.2, 0) is 21.7 Å². The highest BCUT2D eigenvalue weighted by Gasteiger charge is 2.26. The summed E-state index contributed by atoms with van der Waals surface area (Å²) in [5.74, 6) is 0. The molecule has 0 fully saturated rings. The molecule has 0 nitrogen and oxygen atoms in total. The number of benzene rings is 2. The van der Waals surface area contributed by atoms with Crippen LogP contribution >= 0.6 is 7.92 Å². The van der Waals surface area contributed by atoms with Gasteiger partial charge in [0.1, 0.15) is 0 Å². The van der Waals surface area contributed by atoms with Crippen molar-refractivity contribution in [2.45, 2.75) is 125 Å².